The topological polar surface area (TPSA) is 80.3 Å². The Morgan fingerprint density at radius 2 is 1.14 bits per heavy atom. The first-order valence-corrected chi connectivity index (χ1v) is 10.8. The minimum Gasteiger partial charge on any atom is -0.307 e. The lowest BCUT2D eigenvalue weighted by Gasteiger charge is -2.23. The SMILES string of the molecule is CCOP(=O)(OCC)OCP(=O)(OCC(C)C)OCC(C)C. The van der Waals surface area contributed by atoms with Crippen LogP contribution < -0.4 is 0 Å². The standard InChI is InChI=1S/C13H30O7P2/c1-7-16-22(15,17-8-2)20-11-21(14,18-9-12(3)4)19-10-13(5)6/h12-13H,7-11H2,1-6H3. The summed E-state index contributed by atoms with van der Waals surface area (Å²) >= 11 is 0. The van der Waals surface area contributed by atoms with E-state index in [1.807, 2.05) is 27.7 Å². The molecule has 0 rings (SSSR count). The number of phosphoric acid groups is 1. The first kappa shape index (κ1) is 22.3. The Balaban J connectivity index is 4.79. The van der Waals surface area contributed by atoms with E-state index >= 15 is 0 Å². The molecule has 9 heteroatoms. The summed E-state index contributed by atoms with van der Waals surface area (Å²) in [5.41, 5.74) is 0. The second-order valence-electron chi connectivity index (χ2n) is 5.53. The average Bonchev–Trinajstić information content (AvgIpc) is 2.42. The van der Waals surface area contributed by atoms with Crippen molar-refractivity contribution in [2.45, 2.75) is 41.5 Å². The van der Waals surface area contributed by atoms with Crippen molar-refractivity contribution >= 4 is 15.4 Å². The second kappa shape index (κ2) is 10.9. The molecule has 0 aromatic heterocycles. The minimum absolute atomic E-state index is 0.154. The lowest BCUT2D eigenvalue weighted by atomic mass is 10.2. The molecule has 0 radical (unpaired) electrons. The van der Waals surface area contributed by atoms with Gasteiger partial charge in [0.1, 0.15) is 0 Å². The summed E-state index contributed by atoms with van der Waals surface area (Å²) < 4.78 is 50.8. The van der Waals surface area contributed by atoms with Gasteiger partial charge < -0.3 is 9.05 Å². The summed E-state index contributed by atoms with van der Waals surface area (Å²) in [5, 5.41) is 0. The molecule has 0 amide bonds. The van der Waals surface area contributed by atoms with E-state index in [1.165, 1.54) is 0 Å². The molecule has 0 aliphatic heterocycles. The highest BCUT2D eigenvalue weighted by Crippen LogP contribution is 2.57. The van der Waals surface area contributed by atoms with Gasteiger partial charge in [-0.2, -0.15) is 0 Å². The van der Waals surface area contributed by atoms with Gasteiger partial charge in [0, 0.05) is 0 Å². The van der Waals surface area contributed by atoms with Gasteiger partial charge in [0.05, 0.1) is 26.4 Å². The summed E-state index contributed by atoms with van der Waals surface area (Å²) in [4.78, 5) is 0. The van der Waals surface area contributed by atoms with Crippen LogP contribution in [0.3, 0.4) is 0 Å². The smallest absolute Gasteiger partial charge is 0.307 e. The van der Waals surface area contributed by atoms with E-state index in [4.69, 9.17) is 22.6 Å². The van der Waals surface area contributed by atoms with Gasteiger partial charge in [-0.05, 0) is 25.7 Å². The zero-order chi connectivity index (χ0) is 17.2. The van der Waals surface area contributed by atoms with Crippen molar-refractivity contribution in [3.05, 3.63) is 0 Å². The lowest BCUT2D eigenvalue weighted by Crippen LogP contribution is -2.10. The number of hydrogen-bond acceptors (Lipinski definition) is 7. The van der Waals surface area contributed by atoms with Crippen molar-refractivity contribution in [1.29, 1.82) is 0 Å². The van der Waals surface area contributed by atoms with Crippen LogP contribution in [0.15, 0.2) is 0 Å². The number of rotatable bonds is 13. The number of hydrogen-bond donors (Lipinski definition) is 0. The molecule has 7 nitrogen and oxygen atoms in total. The van der Waals surface area contributed by atoms with Crippen LogP contribution in [0.25, 0.3) is 0 Å². The van der Waals surface area contributed by atoms with E-state index in [0.717, 1.165) is 0 Å². The molecule has 0 heterocycles. The molecule has 134 valence electrons. The maximum atomic E-state index is 12.7. The van der Waals surface area contributed by atoms with E-state index in [1.54, 1.807) is 13.8 Å². The zero-order valence-electron chi connectivity index (χ0n) is 14.4. The third kappa shape index (κ3) is 10.1. The van der Waals surface area contributed by atoms with Gasteiger partial charge in [0.2, 0.25) is 0 Å². The fourth-order valence-electron chi connectivity index (χ4n) is 1.21. The molecule has 0 unspecified atom stereocenters. The Bertz CT molecular complexity index is 359. The summed E-state index contributed by atoms with van der Waals surface area (Å²) in [6.45, 7) is 11.9. The summed E-state index contributed by atoms with van der Waals surface area (Å²) in [6, 6.07) is 0. The van der Waals surface area contributed by atoms with Crippen molar-refractivity contribution in [3.8, 4) is 0 Å². The van der Waals surface area contributed by atoms with Crippen molar-refractivity contribution < 1.29 is 31.7 Å². The highest BCUT2D eigenvalue weighted by atomic mass is 31.2. The molecule has 0 aliphatic rings. The van der Waals surface area contributed by atoms with E-state index in [2.05, 4.69) is 0 Å². The summed E-state index contributed by atoms with van der Waals surface area (Å²) in [7, 11) is -7.27. The Morgan fingerprint density at radius 1 is 0.727 bits per heavy atom. The Kier molecular flexibility index (Phi) is 11.1. The molecule has 0 fully saturated rings. The largest absolute Gasteiger partial charge is 0.475 e. The van der Waals surface area contributed by atoms with Crippen LogP contribution in [0.5, 0.6) is 0 Å². The number of phosphoric ester groups is 1. The highest BCUT2D eigenvalue weighted by molar-refractivity contribution is 7.55. The predicted octanol–water partition coefficient (Wildman–Crippen LogP) is 4.68. The molecule has 0 bridgehead atoms. The molecule has 0 aromatic carbocycles. The zero-order valence-corrected chi connectivity index (χ0v) is 16.2. The third-order valence-corrected chi connectivity index (χ3v) is 5.49. The van der Waals surface area contributed by atoms with E-state index < -0.39 is 21.8 Å². The molecular formula is C13H30O7P2. The Hall–Kier alpha value is 0.260. The van der Waals surface area contributed by atoms with Gasteiger partial charge in [0.15, 0.2) is 6.35 Å². The maximum Gasteiger partial charge on any atom is 0.475 e. The fraction of sp³-hybridized carbons (Fsp3) is 1.00. The predicted molar refractivity (Wildman–Crippen MR) is 86.0 cm³/mol. The normalized spacial score (nSPS) is 13.3. The molecule has 0 atom stereocenters. The molecular weight excluding hydrogens is 330 g/mol. The van der Waals surface area contributed by atoms with Crippen molar-refractivity contribution in [2.75, 3.05) is 32.8 Å². The maximum absolute atomic E-state index is 12.7. The van der Waals surface area contributed by atoms with Crippen molar-refractivity contribution in [1.82, 2.24) is 0 Å². The van der Waals surface area contributed by atoms with Gasteiger partial charge in [-0.3, -0.25) is 18.1 Å². The fourth-order valence-corrected chi connectivity index (χ4v) is 4.47. The molecule has 0 saturated carbocycles. The van der Waals surface area contributed by atoms with Gasteiger partial charge in [-0.15, -0.1) is 0 Å². The van der Waals surface area contributed by atoms with Gasteiger partial charge in [0.25, 0.3) is 0 Å². The monoisotopic (exact) mass is 360 g/mol. The van der Waals surface area contributed by atoms with Crippen LogP contribution in [0.1, 0.15) is 41.5 Å². The quantitative estimate of drug-likeness (QED) is 0.441. The van der Waals surface area contributed by atoms with Crippen LogP contribution in [0, 0.1) is 11.8 Å². The Morgan fingerprint density at radius 3 is 1.45 bits per heavy atom. The van der Waals surface area contributed by atoms with Crippen molar-refractivity contribution in [3.63, 3.8) is 0 Å². The summed E-state index contributed by atoms with van der Waals surface area (Å²) in [5.74, 6) is 0.364. The van der Waals surface area contributed by atoms with Gasteiger partial charge >= 0.3 is 15.4 Å². The lowest BCUT2D eigenvalue weighted by molar-refractivity contribution is 0.114. The first-order valence-electron chi connectivity index (χ1n) is 7.58. The van der Waals surface area contributed by atoms with Crippen LogP contribution >= 0.6 is 15.4 Å². The van der Waals surface area contributed by atoms with E-state index in [9.17, 15) is 9.13 Å². The Labute approximate surface area is 134 Å². The van der Waals surface area contributed by atoms with Crippen molar-refractivity contribution in [2.24, 2.45) is 11.8 Å². The molecule has 0 aromatic rings. The van der Waals surface area contributed by atoms with Crippen LogP contribution in [0.2, 0.25) is 0 Å². The third-order valence-electron chi connectivity index (χ3n) is 2.16. The van der Waals surface area contributed by atoms with Crippen LogP contribution in [0.4, 0.5) is 0 Å². The highest BCUT2D eigenvalue weighted by Gasteiger charge is 2.33. The molecule has 0 saturated heterocycles. The van der Waals surface area contributed by atoms with E-state index in [-0.39, 0.29) is 38.3 Å². The van der Waals surface area contributed by atoms with Gasteiger partial charge in [-0.25, -0.2) is 4.57 Å². The van der Waals surface area contributed by atoms with E-state index in [0.29, 0.717) is 0 Å². The molecule has 0 aliphatic carbocycles. The molecule has 22 heavy (non-hydrogen) atoms. The second-order valence-corrected chi connectivity index (χ2v) is 9.20. The van der Waals surface area contributed by atoms with Crippen LogP contribution in [-0.4, -0.2) is 32.8 Å². The van der Waals surface area contributed by atoms with Gasteiger partial charge in [-0.1, -0.05) is 27.7 Å². The average molecular weight is 360 g/mol. The van der Waals surface area contributed by atoms with Crippen LogP contribution in [-0.2, 0) is 31.7 Å². The summed E-state index contributed by atoms with van der Waals surface area (Å²) in [6.07, 6.45) is -0.469. The molecule has 0 N–H and O–H groups in total. The first-order chi connectivity index (χ1) is 10.2. The molecule has 0 spiro atoms. The minimum atomic E-state index is -3.74.